The van der Waals surface area contributed by atoms with Crippen molar-refractivity contribution in [2.45, 2.75) is 12.2 Å². The summed E-state index contributed by atoms with van der Waals surface area (Å²) in [6.07, 6.45) is -1.79. The lowest BCUT2D eigenvalue weighted by atomic mass is 10.3. The molecule has 1 fully saturated rings. The summed E-state index contributed by atoms with van der Waals surface area (Å²) >= 11 is 11.6. The van der Waals surface area contributed by atoms with Crippen LogP contribution in [-0.4, -0.2) is 52.9 Å². The average Bonchev–Trinajstić information content (AvgIpc) is 2.71. The Kier molecular flexibility index (Phi) is 4.52. The van der Waals surface area contributed by atoms with Crippen molar-refractivity contribution in [3.05, 3.63) is 28.2 Å². The number of carbonyl (C=O) groups excluding carboxylic acids is 1. The molecule has 1 aromatic rings. The molecule has 1 aliphatic heterocycles. The van der Waals surface area contributed by atoms with E-state index in [0.29, 0.717) is 15.8 Å². The van der Waals surface area contributed by atoms with Gasteiger partial charge in [0.15, 0.2) is 6.61 Å². The zero-order chi connectivity index (χ0) is 14.0. The molecule has 2 N–H and O–H groups in total. The quantitative estimate of drug-likeness (QED) is 0.872. The van der Waals surface area contributed by atoms with Crippen LogP contribution in [0.5, 0.6) is 5.75 Å². The molecule has 0 radical (unpaired) electrons. The van der Waals surface area contributed by atoms with Crippen LogP contribution in [0.3, 0.4) is 0 Å². The van der Waals surface area contributed by atoms with Gasteiger partial charge in [-0.1, -0.05) is 23.2 Å². The number of halogens is 2. The lowest BCUT2D eigenvalue weighted by Crippen LogP contribution is -2.33. The minimum Gasteiger partial charge on any atom is -0.484 e. The summed E-state index contributed by atoms with van der Waals surface area (Å²) in [4.78, 5) is 13.1. The molecule has 7 heteroatoms. The number of hydrogen-bond donors (Lipinski definition) is 2. The van der Waals surface area contributed by atoms with E-state index in [1.165, 1.54) is 11.0 Å². The topological polar surface area (TPSA) is 70.0 Å². The van der Waals surface area contributed by atoms with Crippen molar-refractivity contribution in [1.82, 2.24) is 4.90 Å². The maximum atomic E-state index is 11.8. The van der Waals surface area contributed by atoms with Crippen molar-refractivity contribution in [3.63, 3.8) is 0 Å². The number of amides is 1. The summed E-state index contributed by atoms with van der Waals surface area (Å²) in [6.45, 7) is 0.0485. The molecule has 104 valence electrons. The number of aliphatic hydroxyl groups excluding tert-OH is 2. The van der Waals surface area contributed by atoms with Gasteiger partial charge in [0.2, 0.25) is 0 Å². The summed E-state index contributed by atoms with van der Waals surface area (Å²) in [5, 5.41) is 19.5. The Morgan fingerprint density at radius 2 is 1.89 bits per heavy atom. The zero-order valence-corrected chi connectivity index (χ0v) is 11.4. The Bertz CT molecular complexity index is 473. The predicted molar refractivity (Wildman–Crippen MR) is 70.6 cm³/mol. The van der Waals surface area contributed by atoms with Crippen LogP contribution in [-0.2, 0) is 4.79 Å². The summed E-state index contributed by atoms with van der Waals surface area (Å²) < 4.78 is 5.29. The molecule has 1 saturated heterocycles. The van der Waals surface area contributed by atoms with Gasteiger partial charge in [-0.2, -0.15) is 0 Å². The van der Waals surface area contributed by atoms with Gasteiger partial charge in [-0.05, 0) is 12.1 Å². The normalized spacial score (nSPS) is 22.6. The molecule has 0 bridgehead atoms. The van der Waals surface area contributed by atoms with Gasteiger partial charge in [0, 0.05) is 19.2 Å². The van der Waals surface area contributed by atoms with Gasteiger partial charge in [0.05, 0.1) is 22.3 Å². The van der Waals surface area contributed by atoms with E-state index < -0.39 is 12.2 Å². The summed E-state index contributed by atoms with van der Waals surface area (Å²) in [5.41, 5.74) is 0. The van der Waals surface area contributed by atoms with Crippen LogP contribution in [0.1, 0.15) is 0 Å². The zero-order valence-electron chi connectivity index (χ0n) is 9.92. The summed E-state index contributed by atoms with van der Waals surface area (Å²) in [6, 6.07) is 4.70. The third-order valence-corrected chi connectivity index (χ3v) is 3.60. The van der Waals surface area contributed by atoms with Crippen molar-refractivity contribution in [3.8, 4) is 5.75 Å². The molecule has 1 heterocycles. The Labute approximate surface area is 120 Å². The van der Waals surface area contributed by atoms with Crippen molar-refractivity contribution < 1.29 is 19.7 Å². The van der Waals surface area contributed by atoms with Crippen LogP contribution in [0.4, 0.5) is 0 Å². The molecule has 2 atom stereocenters. The van der Waals surface area contributed by atoms with E-state index in [1.54, 1.807) is 12.1 Å². The SMILES string of the molecule is O=C(COc1ccc(Cl)c(Cl)c1)N1CC(O)C(O)C1. The average molecular weight is 306 g/mol. The number of ether oxygens (including phenoxy) is 1. The van der Waals surface area contributed by atoms with E-state index in [4.69, 9.17) is 27.9 Å². The number of hydrogen-bond acceptors (Lipinski definition) is 4. The Morgan fingerprint density at radius 1 is 1.26 bits per heavy atom. The van der Waals surface area contributed by atoms with Crippen LogP contribution in [0.15, 0.2) is 18.2 Å². The monoisotopic (exact) mass is 305 g/mol. The summed E-state index contributed by atoms with van der Waals surface area (Å²) in [7, 11) is 0. The highest BCUT2D eigenvalue weighted by Crippen LogP contribution is 2.26. The molecule has 1 aliphatic rings. The standard InChI is InChI=1S/C12H13Cl2NO4/c13-8-2-1-7(3-9(8)14)19-6-12(18)15-4-10(16)11(17)5-15/h1-3,10-11,16-17H,4-6H2. The first-order chi connectivity index (χ1) is 8.97. The lowest BCUT2D eigenvalue weighted by Gasteiger charge is -2.15. The maximum absolute atomic E-state index is 11.8. The van der Waals surface area contributed by atoms with E-state index in [2.05, 4.69) is 0 Å². The van der Waals surface area contributed by atoms with E-state index in [-0.39, 0.29) is 25.6 Å². The van der Waals surface area contributed by atoms with Crippen molar-refractivity contribution >= 4 is 29.1 Å². The molecular weight excluding hydrogens is 293 g/mol. The molecule has 5 nitrogen and oxygen atoms in total. The second-order valence-electron chi connectivity index (χ2n) is 4.30. The predicted octanol–water partition coefficient (Wildman–Crippen LogP) is 0.936. The number of rotatable bonds is 3. The maximum Gasteiger partial charge on any atom is 0.260 e. The van der Waals surface area contributed by atoms with Crippen LogP contribution in [0.25, 0.3) is 0 Å². The van der Waals surface area contributed by atoms with Gasteiger partial charge in [-0.3, -0.25) is 4.79 Å². The molecule has 0 saturated carbocycles. The van der Waals surface area contributed by atoms with Gasteiger partial charge in [0.25, 0.3) is 5.91 Å². The Morgan fingerprint density at radius 3 is 2.47 bits per heavy atom. The number of nitrogens with zero attached hydrogens (tertiary/aromatic N) is 1. The van der Waals surface area contributed by atoms with Crippen LogP contribution in [0, 0.1) is 0 Å². The van der Waals surface area contributed by atoms with Crippen molar-refractivity contribution in [2.75, 3.05) is 19.7 Å². The Balaban J connectivity index is 1.88. The number of carbonyl (C=O) groups is 1. The number of likely N-dealkylation sites (tertiary alicyclic amines) is 1. The van der Waals surface area contributed by atoms with Gasteiger partial charge in [-0.25, -0.2) is 0 Å². The molecular formula is C12H13Cl2NO4. The van der Waals surface area contributed by atoms with Crippen LogP contribution in [0.2, 0.25) is 10.0 Å². The molecule has 2 unspecified atom stereocenters. The van der Waals surface area contributed by atoms with Gasteiger partial charge in [-0.15, -0.1) is 0 Å². The van der Waals surface area contributed by atoms with Gasteiger partial charge in [0.1, 0.15) is 5.75 Å². The molecule has 1 aromatic carbocycles. The second-order valence-corrected chi connectivity index (χ2v) is 5.11. The third-order valence-electron chi connectivity index (χ3n) is 2.87. The van der Waals surface area contributed by atoms with Crippen LogP contribution < -0.4 is 4.74 Å². The highest BCUT2D eigenvalue weighted by Gasteiger charge is 2.32. The highest BCUT2D eigenvalue weighted by atomic mass is 35.5. The molecule has 19 heavy (non-hydrogen) atoms. The first-order valence-electron chi connectivity index (χ1n) is 5.69. The highest BCUT2D eigenvalue weighted by molar-refractivity contribution is 6.42. The minimum absolute atomic E-state index is 0.116. The molecule has 0 spiro atoms. The number of benzene rings is 1. The van der Waals surface area contributed by atoms with Gasteiger partial charge >= 0.3 is 0 Å². The minimum atomic E-state index is -0.895. The molecule has 2 rings (SSSR count). The van der Waals surface area contributed by atoms with Crippen molar-refractivity contribution in [2.24, 2.45) is 0 Å². The van der Waals surface area contributed by atoms with Crippen molar-refractivity contribution in [1.29, 1.82) is 0 Å². The fourth-order valence-corrected chi connectivity index (χ4v) is 2.06. The smallest absolute Gasteiger partial charge is 0.260 e. The van der Waals surface area contributed by atoms with Crippen LogP contribution >= 0.6 is 23.2 Å². The fourth-order valence-electron chi connectivity index (χ4n) is 1.78. The molecule has 1 amide bonds. The van der Waals surface area contributed by atoms with E-state index in [9.17, 15) is 15.0 Å². The first kappa shape index (κ1) is 14.4. The second kappa shape index (κ2) is 5.96. The number of aliphatic hydroxyl groups is 2. The van der Waals surface area contributed by atoms with E-state index in [0.717, 1.165) is 0 Å². The third kappa shape index (κ3) is 3.51. The fraction of sp³-hybridized carbons (Fsp3) is 0.417. The summed E-state index contributed by atoms with van der Waals surface area (Å²) in [5.74, 6) is 0.129. The van der Waals surface area contributed by atoms with E-state index >= 15 is 0 Å². The molecule has 0 aliphatic carbocycles. The van der Waals surface area contributed by atoms with E-state index in [1.807, 2.05) is 0 Å². The first-order valence-corrected chi connectivity index (χ1v) is 6.44. The Hall–Kier alpha value is -1.01. The van der Waals surface area contributed by atoms with Gasteiger partial charge < -0.3 is 19.8 Å². The lowest BCUT2D eigenvalue weighted by molar-refractivity contribution is -0.132. The number of β-amino-alcohol motifs (C(OH)–C–C–N with tert-alkyl or cyclic N) is 2. The molecule has 0 aromatic heterocycles. The largest absolute Gasteiger partial charge is 0.484 e.